The number of sulfonamides is 1. The van der Waals surface area contributed by atoms with Gasteiger partial charge in [0, 0.05) is 10.9 Å². The molecule has 0 aliphatic heterocycles. The molecule has 0 aliphatic rings. The SMILES string of the molecule is CC(C)C(NS(=O)(=O)c1cccc2nsnc12)C(=O)OCc1csc(-c2ccccc2)n1. The highest BCUT2D eigenvalue weighted by atomic mass is 32.2. The van der Waals surface area contributed by atoms with Crippen molar-refractivity contribution >= 4 is 50.1 Å². The minimum absolute atomic E-state index is 0.0193. The molecule has 1 unspecified atom stereocenters. The first-order chi connectivity index (χ1) is 15.3. The third-order valence-corrected chi connectivity index (χ3v) is 7.63. The summed E-state index contributed by atoms with van der Waals surface area (Å²) >= 11 is 2.38. The van der Waals surface area contributed by atoms with Crippen LogP contribution in [-0.2, 0) is 26.2 Å². The highest BCUT2D eigenvalue weighted by Gasteiger charge is 2.31. The molecule has 32 heavy (non-hydrogen) atoms. The van der Waals surface area contributed by atoms with Crippen LogP contribution in [-0.4, -0.2) is 34.2 Å². The molecule has 4 rings (SSSR count). The maximum Gasteiger partial charge on any atom is 0.324 e. The van der Waals surface area contributed by atoms with E-state index in [1.54, 1.807) is 26.0 Å². The maximum atomic E-state index is 13.0. The minimum Gasteiger partial charge on any atom is -0.458 e. The summed E-state index contributed by atoms with van der Waals surface area (Å²) in [6, 6.07) is 13.3. The largest absolute Gasteiger partial charge is 0.458 e. The molecule has 4 aromatic rings. The van der Waals surface area contributed by atoms with E-state index in [1.165, 1.54) is 17.4 Å². The number of carbonyl (C=O) groups excluding carboxylic acids is 1. The van der Waals surface area contributed by atoms with Crippen LogP contribution >= 0.6 is 23.1 Å². The van der Waals surface area contributed by atoms with Gasteiger partial charge in [-0.2, -0.15) is 13.5 Å². The zero-order chi connectivity index (χ0) is 22.7. The van der Waals surface area contributed by atoms with Crippen molar-refractivity contribution in [2.45, 2.75) is 31.4 Å². The van der Waals surface area contributed by atoms with E-state index in [9.17, 15) is 13.2 Å². The van der Waals surface area contributed by atoms with Crippen LogP contribution in [0.25, 0.3) is 21.6 Å². The fourth-order valence-electron chi connectivity index (χ4n) is 3.01. The molecule has 1 N–H and O–H groups in total. The number of hydrogen-bond acceptors (Lipinski definition) is 9. The van der Waals surface area contributed by atoms with E-state index in [2.05, 4.69) is 18.5 Å². The van der Waals surface area contributed by atoms with Gasteiger partial charge in [-0.3, -0.25) is 4.79 Å². The molecular formula is C21H20N4O4S3. The number of hydrogen-bond donors (Lipinski definition) is 1. The van der Waals surface area contributed by atoms with Crippen molar-refractivity contribution in [2.24, 2.45) is 5.92 Å². The Hall–Kier alpha value is -2.73. The maximum absolute atomic E-state index is 13.0. The van der Waals surface area contributed by atoms with Gasteiger partial charge < -0.3 is 4.74 Å². The number of benzene rings is 2. The quantitative estimate of drug-likeness (QED) is 0.375. The summed E-state index contributed by atoms with van der Waals surface area (Å²) in [4.78, 5) is 17.2. The average Bonchev–Trinajstić information content (AvgIpc) is 3.45. The van der Waals surface area contributed by atoms with E-state index >= 15 is 0 Å². The van der Waals surface area contributed by atoms with E-state index in [4.69, 9.17) is 4.74 Å². The topological polar surface area (TPSA) is 111 Å². The van der Waals surface area contributed by atoms with Gasteiger partial charge in [0.15, 0.2) is 0 Å². The first-order valence-electron chi connectivity index (χ1n) is 9.75. The fraction of sp³-hybridized carbons (Fsp3) is 0.238. The number of aromatic nitrogens is 3. The average molecular weight is 489 g/mol. The van der Waals surface area contributed by atoms with Crippen molar-refractivity contribution in [2.75, 3.05) is 0 Å². The number of fused-ring (bicyclic) bond motifs is 1. The van der Waals surface area contributed by atoms with Gasteiger partial charge in [-0.1, -0.05) is 50.2 Å². The lowest BCUT2D eigenvalue weighted by Crippen LogP contribution is -2.45. The van der Waals surface area contributed by atoms with Crippen LogP contribution in [0.2, 0.25) is 0 Å². The molecule has 0 spiro atoms. The smallest absolute Gasteiger partial charge is 0.324 e. The van der Waals surface area contributed by atoms with Crippen LogP contribution in [0.1, 0.15) is 19.5 Å². The van der Waals surface area contributed by atoms with Crippen LogP contribution in [0.4, 0.5) is 0 Å². The van der Waals surface area contributed by atoms with Gasteiger partial charge in [-0.15, -0.1) is 11.3 Å². The van der Waals surface area contributed by atoms with E-state index in [0.29, 0.717) is 11.2 Å². The number of thiazole rings is 1. The summed E-state index contributed by atoms with van der Waals surface area (Å²) in [5.41, 5.74) is 2.34. The minimum atomic E-state index is -4.02. The summed E-state index contributed by atoms with van der Waals surface area (Å²) in [6.07, 6.45) is 0. The van der Waals surface area contributed by atoms with E-state index in [0.717, 1.165) is 22.3 Å². The molecule has 2 heterocycles. The van der Waals surface area contributed by atoms with Crippen LogP contribution in [0, 0.1) is 5.92 Å². The zero-order valence-electron chi connectivity index (χ0n) is 17.3. The molecular weight excluding hydrogens is 468 g/mol. The fourth-order valence-corrected chi connectivity index (χ4v) is 5.92. The van der Waals surface area contributed by atoms with Crippen LogP contribution in [0.5, 0.6) is 0 Å². The van der Waals surface area contributed by atoms with Crippen molar-refractivity contribution in [1.82, 2.24) is 18.5 Å². The summed E-state index contributed by atoms with van der Waals surface area (Å²) in [6.45, 7) is 3.45. The van der Waals surface area contributed by atoms with Crippen molar-refractivity contribution in [1.29, 1.82) is 0 Å². The van der Waals surface area contributed by atoms with Crippen molar-refractivity contribution < 1.29 is 17.9 Å². The van der Waals surface area contributed by atoms with E-state index in [-0.39, 0.29) is 22.9 Å². The summed E-state index contributed by atoms with van der Waals surface area (Å²) in [5.74, 6) is -0.998. The normalized spacial score (nSPS) is 12.8. The Bertz CT molecular complexity index is 1330. The van der Waals surface area contributed by atoms with Crippen LogP contribution in [0.15, 0.2) is 58.8 Å². The number of carbonyl (C=O) groups is 1. The predicted octanol–water partition coefficient (Wildman–Crippen LogP) is 3.86. The highest BCUT2D eigenvalue weighted by Crippen LogP contribution is 2.24. The number of esters is 1. The molecule has 0 bridgehead atoms. The molecule has 0 saturated carbocycles. The van der Waals surface area contributed by atoms with Crippen molar-refractivity contribution in [3.05, 3.63) is 59.6 Å². The Balaban J connectivity index is 1.46. The van der Waals surface area contributed by atoms with E-state index < -0.39 is 22.0 Å². The standard InChI is InChI=1S/C21H20N4O4S3/c1-13(2)18(25-32(27,28)17-10-6-9-16-19(17)24-31-23-16)21(26)29-11-15-12-30-20(22-15)14-7-4-3-5-8-14/h3-10,12-13,18,25H,11H2,1-2H3. The number of rotatable bonds is 8. The van der Waals surface area contributed by atoms with Gasteiger partial charge in [-0.05, 0) is 18.1 Å². The van der Waals surface area contributed by atoms with Gasteiger partial charge in [0.1, 0.15) is 33.6 Å². The van der Waals surface area contributed by atoms with Gasteiger partial charge in [0.25, 0.3) is 0 Å². The Morgan fingerprint density at radius 3 is 2.62 bits per heavy atom. The van der Waals surface area contributed by atoms with Crippen molar-refractivity contribution in [3.8, 4) is 10.6 Å². The first-order valence-corrected chi connectivity index (χ1v) is 12.8. The lowest BCUT2D eigenvalue weighted by molar-refractivity contribution is -0.148. The second kappa shape index (κ2) is 9.41. The molecule has 166 valence electrons. The van der Waals surface area contributed by atoms with Gasteiger partial charge in [-0.25, -0.2) is 13.4 Å². The third kappa shape index (κ3) is 4.85. The summed E-state index contributed by atoms with van der Waals surface area (Å²) in [5, 5.41) is 2.64. The zero-order valence-corrected chi connectivity index (χ0v) is 19.7. The molecule has 2 aromatic heterocycles. The number of nitrogens with one attached hydrogen (secondary N) is 1. The van der Waals surface area contributed by atoms with Gasteiger partial charge in [0.05, 0.1) is 17.4 Å². The molecule has 2 aromatic carbocycles. The Kier molecular flexibility index (Phi) is 6.60. The molecule has 11 heteroatoms. The molecule has 0 saturated heterocycles. The molecule has 1 atom stereocenters. The molecule has 8 nitrogen and oxygen atoms in total. The number of ether oxygens (including phenoxy) is 1. The molecule has 0 amide bonds. The Morgan fingerprint density at radius 1 is 1.09 bits per heavy atom. The second-order valence-corrected chi connectivity index (χ2v) is 10.4. The van der Waals surface area contributed by atoms with Crippen LogP contribution in [0.3, 0.4) is 0 Å². The highest BCUT2D eigenvalue weighted by molar-refractivity contribution is 7.89. The lowest BCUT2D eigenvalue weighted by Gasteiger charge is -2.20. The van der Waals surface area contributed by atoms with Gasteiger partial charge in [0.2, 0.25) is 10.0 Å². The molecule has 0 aliphatic carbocycles. The summed E-state index contributed by atoms with van der Waals surface area (Å²) in [7, 11) is -4.02. The van der Waals surface area contributed by atoms with Crippen LogP contribution < -0.4 is 4.72 Å². The van der Waals surface area contributed by atoms with Crippen molar-refractivity contribution in [3.63, 3.8) is 0 Å². The summed E-state index contributed by atoms with van der Waals surface area (Å²) < 4.78 is 42.0. The monoisotopic (exact) mass is 488 g/mol. The second-order valence-electron chi connectivity index (χ2n) is 7.35. The predicted molar refractivity (Wildman–Crippen MR) is 124 cm³/mol. The third-order valence-electron chi connectivity index (χ3n) is 4.68. The molecule has 0 fully saturated rings. The number of nitrogens with zero attached hydrogens (tertiary/aromatic N) is 3. The lowest BCUT2D eigenvalue weighted by atomic mass is 10.1. The Morgan fingerprint density at radius 2 is 1.88 bits per heavy atom. The Labute approximate surface area is 193 Å². The first kappa shape index (κ1) is 22.5. The molecule has 0 radical (unpaired) electrons. The van der Waals surface area contributed by atoms with Gasteiger partial charge >= 0.3 is 5.97 Å². The van der Waals surface area contributed by atoms with E-state index in [1.807, 2.05) is 35.7 Å².